The number of thiol groups is 1. The molecule has 0 radical (unpaired) electrons. The Labute approximate surface area is 87.4 Å². The second-order valence-corrected chi connectivity index (χ2v) is 3.74. The van der Waals surface area contributed by atoms with Gasteiger partial charge in [0.05, 0.1) is 0 Å². The van der Waals surface area contributed by atoms with Crippen LogP contribution >= 0.6 is 12.6 Å². The fraction of sp³-hybridized carbons (Fsp3) is 0.222. The van der Waals surface area contributed by atoms with E-state index in [0.717, 1.165) is 5.56 Å². The molecule has 0 spiro atoms. The average molecular weight is 206 g/mol. The summed E-state index contributed by atoms with van der Waals surface area (Å²) in [4.78, 5) is 4.04. The van der Waals surface area contributed by atoms with Crippen LogP contribution in [0, 0.1) is 0 Å². The van der Waals surface area contributed by atoms with E-state index in [2.05, 4.69) is 27.8 Å². The summed E-state index contributed by atoms with van der Waals surface area (Å²) in [6.07, 6.45) is 0.643. The summed E-state index contributed by atoms with van der Waals surface area (Å²) in [5.74, 6) is 0.619. The minimum Gasteiger partial charge on any atom is -0.278 e. The van der Waals surface area contributed by atoms with Gasteiger partial charge in [-0.3, -0.25) is 5.73 Å². The zero-order valence-corrected chi connectivity index (χ0v) is 8.35. The molecule has 1 aliphatic rings. The average Bonchev–Trinajstić information content (AvgIpc) is 2.47. The number of aliphatic imine (C=N–C) groups is 1. The minimum absolute atomic E-state index is 0.619. The summed E-state index contributed by atoms with van der Waals surface area (Å²) in [5, 5.41) is 6.40. The van der Waals surface area contributed by atoms with Crippen LogP contribution in [0.4, 0.5) is 0 Å². The molecule has 0 saturated heterocycles. The first kappa shape index (κ1) is 9.36. The van der Waals surface area contributed by atoms with E-state index in [4.69, 9.17) is 5.73 Å². The third-order valence-electron chi connectivity index (χ3n) is 1.81. The first-order chi connectivity index (χ1) is 6.66. The molecule has 1 aromatic carbocycles. The van der Waals surface area contributed by atoms with Crippen molar-refractivity contribution < 1.29 is 0 Å². The first-order valence-corrected chi connectivity index (χ1v) is 4.67. The van der Waals surface area contributed by atoms with Gasteiger partial charge in [-0.2, -0.15) is 0 Å². The highest BCUT2D eigenvalue weighted by atomic mass is 32.1. The Morgan fingerprint density at radius 3 is 2.57 bits per heavy atom. The molecule has 72 valence electrons. The van der Waals surface area contributed by atoms with E-state index >= 15 is 0 Å². The molecule has 14 heavy (non-hydrogen) atoms. The fourth-order valence-corrected chi connectivity index (χ4v) is 1.38. The van der Waals surface area contributed by atoms with Gasteiger partial charge in [-0.05, 0) is 5.56 Å². The van der Waals surface area contributed by atoms with Crippen molar-refractivity contribution in [3.63, 3.8) is 0 Å². The highest BCUT2D eigenvalue weighted by molar-refractivity contribution is 7.81. The molecule has 5 heteroatoms. The Morgan fingerprint density at radius 1 is 1.29 bits per heavy atom. The van der Waals surface area contributed by atoms with Gasteiger partial charge in [-0.15, -0.1) is 22.9 Å². The SMILES string of the molecule is NC1(S)N=NC(Cc2ccccc2)=N1. The zero-order chi connectivity index (χ0) is 10.0. The molecule has 4 nitrogen and oxygen atoms in total. The van der Waals surface area contributed by atoms with Gasteiger partial charge >= 0.3 is 0 Å². The van der Waals surface area contributed by atoms with Crippen molar-refractivity contribution in [2.75, 3.05) is 0 Å². The van der Waals surface area contributed by atoms with Gasteiger partial charge in [0.25, 0.3) is 5.12 Å². The third-order valence-corrected chi connectivity index (χ3v) is 2.00. The maximum Gasteiger partial charge on any atom is 0.270 e. The smallest absolute Gasteiger partial charge is 0.270 e. The topological polar surface area (TPSA) is 63.1 Å². The molecule has 2 N–H and O–H groups in total. The largest absolute Gasteiger partial charge is 0.278 e. The standard InChI is InChI=1S/C9H10N4S/c10-9(14)11-8(12-13-9)6-7-4-2-1-3-5-7/h1-5,14H,6,10H2. The van der Waals surface area contributed by atoms with Gasteiger partial charge in [0, 0.05) is 6.42 Å². The number of hydrogen-bond donors (Lipinski definition) is 2. The van der Waals surface area contributed by atoms with Gasteiger partial charge in [0.15, 0.2) is 5.84 Å². The molecule has 2 rings (SSSR count). The molecular weight excluding hydrogens is 196 g/mol. The van der Waals surface area contributed by atoms with Crippen molar-refractivity contribution in [3.05, 3.63) is 35.9 Å². The fourth-order valence-electron chi connectivity index (χ4n) is 1.22. The van der Waals surface area contributed by atoms with E-state index in [1.54, 1.807) is 0 Å². The molecule has 0 aliphatic carbocycles. The molecule has 1 aromatic rings. The summed E-state index contributed by atoms with van der Waals surface area (Å²) in [6, 6.07) is 9.92. The van der Waals surface area contributed by atoms with Crippen molar-refractivity contribution in [2.24, 2.45) is 21.0 Å². The minimum atomic E-state index is -1.16. The molecule has 0 bridgehead atoms. The van der Waals surface area contributed by atoms with Gasteiger partial charge in [0.2, 0.25) is 0 Å². The summed E-state index contributed by atoms with van der Waals surface area (Å²) in [7, 11) is 0. The normalized spacial score (nSPS) is 25.1. The molecule has 0 fully saturated rings. The lowest BCUT2D eigenvalue weighted by Crippen LogP contribution is -2.25. The Morgan fingerprint density at radius 2 is 2.00 bits per heavy atom. The van der Waals surface area contributed by atoms with E-state index in [0.29, 0.717) is 12.3 Å². The number of azo groups is 1. The Balaban J connectivity index is 2.11. The van der Waals surface area contributed by atoms with Gasteiger partial charge in [0.1, 0.15) is 0 Å². The highest BCUT2D eigenvalue weighted by Crippen LogP contribution is 2.19. The Bertz CT molecular complexity index is 383. The molecular formula is C9H10N4S. The van der Waals surface area contributed by atoms with Crippen molar-refractivity contribution in [2.45, 2.75) is 11.5 Å². The summed E-state index contributed by atoms with van der Waals surface area (Å²) >= 11 is 4.00. The second kappa shape index (κ2) is 3.51. The third kappa shape index (κ3) is 2.18. The van der Waals surface area contributed by atoms with E-state index in [-0.39, 0.29) is 0 Å². The number of rotatable bonds is 2. The quantitative estimate of drug-likeness (QED) is 0.560. The molecule has 0 saturated carbocycles. The molecule has 1 atom stereocenters. The van der Waals surface area contributed by atoms with Crippen LogP contribution in [-0.2, 0) is 6.42 Å². The van der Waals surface area contributed by atoms with Crippen LogP contribution in [-0.4, -0.2) is 11.0 Å². The molecule has 1 heterocycles. The van der Waals surface area contributed by atoms with Crippen molar-refractivity contribution in [1.29, 1.82) is 0 Å². The molecule has 1 unspecified atom stereocenters. The Kier molecular flexibility index (Phi) is 2.35. The van der Waals surface area contributed by atoms with Crippen molar-refractivity contribution >= 4 is 18.5 Å². The van der Waals surface area contributed by atoms with Gasteiger partial charge < -0.3 is 0 Å². The second-order valence-electron chi connectivity index (χ2n) is 3.08. The van der Waals surface area contributed by atoms with Crippen LogP contribution in [0.1, 0.15) is 5.56 Å². The Hall–Kier alpha value is -1.20. The monoisotopic (exact) mass is 206 g/mol. The summed E-state index contributed by atoms with van der Waals surface area (Å²) < 4.78 is 0. The first-order valence-electron chi connectivity index (χ1n) is 4.22. The van der Waals surface area contributed by atoms with Crippen LogP contribution in [0.15, 0.2) is 45.6 Å². The lowest BCUT2D eigenvalue weighted by atomic mass is 10.1. The molecule has 0 aromatic heterocycles. The maximum absolute atomic E-state index is 5.54. The lowest BCUT2D eigenvalue weighted by Gasteiger charge is -2.03. The number of amidine groups is 1. The van der Waals surface area contributed by atoms with E-state index in [1.165, 1.54) is 0 Å². The number of nitrogens with two attached hydrogens (primary N) is 1. The van der Waals surface area contributed by atoms with Crippen LogP contribution < -0.4 is 5.73 Å². The zero-order valence-electron chi connectivity index (χ0n) is 7.46. The van der Waals surface area contributed by atoms with Gasteiger partial charge in [-0.25, -0.2) is 4.99 Å². The summed E-state index contributed by atoms with van der Waals surface area (Å²) in [5.41, 5.74) is 6.67. The van der Waals surface area contributed by atoms with Crippen LogP contribution in [0.5, 0.6) is 0 Å². The molecule has 1 aliphatic heterocycles. The number of hydrogen-bond acceptors (Lipinski definition) is 5. The number of nitrogens with zero attached hydrogens (tertiary/aromatic N) is 3. The lowest BCUT2D eigenvalue weighted by molar-refractivity contribution is 0.686. The van der Waals surface area contributed by atoms with E-state index in [1.807, 2.05) is 30.3 Å². The van der Waals surface area contributed by atoms with E-state index < -0.39 is 5.12 Å². The summed E-state index contributed by atoms with van der Waals surface area (Å²) in [6.45, 7) is 0. The van der Waals surface area contributed by atoms with Crippen LogP contribution in [0.25, 0.3) is 0 Å². The number of benzene rings is 1. The van der Waals surface area contributed by atoms with Crippen molar-refractivity contribution in [3.8, 4) is 0 Å². The predicted molar refractivity (Wildman–Crippen MR) is 58.3 cm³/mol. The van der Waals surface area contributed by atoms with Gasteiger partial charge in [-0.1, -0.05) is 30.3 Å². The van der Waals surface area contributed by atoms with E-state index in [9.17, 15) is 0 Å². The van der Waals surface area contributed by atoms with Crippen LogP contribution in [0.2, 0.25) is 0 Å². The molecule has 0 amide bonds. The van der Waals surface area contributed by atoms with Crippen LogP contribution in [0.3, 0.4) is 0 Å². The maximum atomic E-state index is 5.54. The predicted octanol–water partition coefficient (Wildman–Crippen LogP) is 1.59. The van der Waals surface area contributed by atoms with Crippen molar-refractivity contribution in [1.82, 2.24) is 0 Å². The highest BCUT2D eigenvalue weighted by Gasteiger charge is 2.23.